The molecule has 0 unspecified atom stereocenters. The molecule has 0 bridgehead atoms. The van der Waals surface area contributed by atoms with E-state index in [1.54, 1.807) is 12.4 Å². The normalized spacial score (nSPS) is 13.8. The van der Waals surface area contributed by atoms with Crippen molar-refractivity contribution in [3.05, 3.63) is 72.2 Å². The maximum absolute atomic E-state index is 5.87. The van der Waals surface area contributed by atoms with Crippen LogP contribution < -0.4 is 15.1 Å². The van der Waals surface area contributed by atoms with Crippen molar-refractivity contribution >= 4 is 40.5 Å². The lowest BCUT2D eigenvalue weighted by Gasteiger charge is -2.17. The molecule has 8 nitrogen and oxygen atoms in total. The fourth-order valence-electron chi connectivity index (χ4n) is 3.45. The summed E-state index contributed by atoms with van der Waals surface area (Å²) in [5.41, 5.74) is 6.09. The van der Waals surface area contributed by atoms with Gasteiger partial charge in [0.2, 0.25) is 0 Å². The molecule has 0 amide bonds. The summed E-state index contributed by atoms with van der Waals surface area (Å²) in [5, 5.41) is 5.52. The first-order valence-corrected chi connectivity index (χ1v) is 11.6. The third kappa shape index (κ3) is 4.83. The van der Waals surface area contributed by atoms with Gasteiger partial charge >= 0.3 is 6.01 Å². The van der Waals surface area contributed by atoms with Crippen LogP contribution in [0.2, 0.25) is 0 Å². The quantitative estimate of drug-likeness (QED) is 0.314. The summed E-state index contributed by atoms with van der Waals surface area (Å²) in [5.74, 6) is 3.42. The van der Waals surface area contributed by atoms with Gasteiger partial charge in [-0.25, -0.2) is 0 Å². The monoisotopic (exact) mass is 445 g/mol. The van der Waals surface area contributed by atoms with Gasteiger partial charge in [0.1, 0.15) is 5.82 Å². The number of aromatic amines is 1. The molecule has 0 spiro atoms. The third-order valence-corrected chi connectivity index (χ3v) is 6.05. The summed E-state index contributed by atoms with van der Waals surface area (Å²) in [6.07, 6.45) is 6.20. The molecule has 3 aromatic heterocycles. The van der Waals surface area contributed by atoms with E-state index in [0.29, 0.717) is 24.9 Å². The van der Waals surface area contributed by atoms with Gasteiger partial charge in [-0.15, -0.1) is 11.8 Å². The van der Waals surface area contributed by atoms with E-state index in [4.69, 9.17) is 4.74 Å². The Kier molecular flexibility index (Phi) is 6.16. The molecule has 1 aliphatic rings. The number of pyridine rings is 1. The summed E-state index contributed by atoms with van der Waals surface area (Å²) in [6, 6.07) is 16.2. The lowest BCUT2D eigenvalue weighted by atomic mass is 10.2. The molecule has 4 heterocycles. The Morgan fingerprint density at radius 1 is 1.19 bits per heavy atom. The molecule has 5 rings (SSSR count). The Hall–Kier alpha value is -3.59. The first-order chi connectivity index (χ1) is 15.8. The van der Waals surface area contributed by atoms with Crippen LogP contribution in [0.3, 0.4) is 0 Å². The van der Waals surface area contributed by atoms with E-state index < -0.39 is 0 Å². The van der Waals surface area contributed by atoms with Gasteiger partial charge in [0.05, 0.1) is 18.7 Å². The number of ether oxygens (including phenoxy) is 1. The molecule has 162 valence electrons. The summed E-state index contributed by atoms with van der Waals surface area (Å²) in [4.78, 5) is 18.9. The Morgan fingerprint density at radius 2 is 2.12 bits per heavy atom. The standard InChI is InChI=1S/C23H23N7OS/c1-2-7-20-19(6-1)17(14-25-20)15-26-29-21-13-22(30-10-12-32-16-30)28-23(27-21)31-11-8-18-5-3-4-9-24-18/h1-7,9,13-15,25H,8,10-12,16H2,(H,27,28,29)/b26-15+. The van der Waals surface area contributed by atoms with Gasteiger partial charge in [-0.2, -0.15) is 15.1 Å². The lowest BCUT2D eigenvalue weighted by Crippen LogP contribution is -2.20. The van der Waals surface area contributed by atoms with E-state index in [1.165, 1.54) is 0 Å². The number of nitrogens with one attached hydrogen (secondary N) is 2. The van der Waals surface area contributed by atoms with Crippen molar-refractivity contribution in [1.82, 2.24) is 19.9 Å². The fraction of sp³-hybridized carbons (Fsp3) is 0.217. The maximum atomic E-state index is 5.87. The van der Waals surface area contributed by atoms with Crippen LogP contribution >= 0.6 is 11.8 Å². The Labute approximate surface area is 190 Å². The van der Waals surface area contributed by atoms with Crippen LogP contribution in [0.4, 0.5) is 11.6 Å². The zero-order valence-electron chi connectivity index (χ0n) is 17.4. The first kappa shape index (κ1) is 20.3. The van der Waals surface area contributed by atoms with Gasteiger partial charge in [-0.05, 0) is 18.2 Å². The number of aromatic nitrogens is 4. The molecule has 1 saturated heterocycles. The van der Waals surface area contributed by atoms with E-state index >= 15 is 0 Å². The number of hydrogen-bond acceptors (Lipinski definition) is 8. The molecule has 32 heavy (non-hydrogen) atoms. The number of nitrogens with zero attached hydrogens (tertiary/aromatic N) is 5. The number of thioether (sulfide) groups is 1. The molecule has 1 aromatic carbocycles. The number of H-pyrrole nitrogens is 1. The van der Waals surface area contributed by atoms with Crippen LogP contribution in [-0.2, 0) is 6.42 Å². The highest BCUT2D eigenvalue weighted by Gasteiger charge is 2.17. The minimum atomic E-state index is 0.333. The van der Waals surface area contributed by atoms with Crippen LogP contribution in [-0.4, -0.2) is 50.9 Å². The molecule has 4 aromatic rings. The van der Waals surface area contributed by atoms with Crippen LogP contribution in [0.1, 0.15) is 11.3 Å². The smallest absolute Gasteiger partial charge is 0.320 e. The second kappa shape index (κ2) is 9.69. The summed E-state index contributed by atoms with van der Waals surface area (Å²) >= 11 is 1.88. The Morgan fingerprint density at radius 3 is 3.00 bits per heavy atom. The van der Waals surface area contributed by atoms with Gasteiger partial charge in [0.15, 0.2) is 5.82 Å². The average molecular weight is 446 g/mol. The number of fused-ring (bicyclic) bond motifs is 1. The highest BCUT2D eigenvalue weighted by atomic mass is 32.2. The van der Waals surface area contributed by atoms with E-state index in [-0.39, 0.29) is 0 Å². The molecular weight excluding hydrogens is 422 g/mol. The van der Waals surface area contributed by atoms with Crippen LogP contribution in [0, 0.1) is 0 Å². The minimum Gasteiger partial charge on any atom is -0.463 e. The fourth-order valence-corrected chi connectivity index (χ4v) is 4.41. The van der Waals surface area contributed by atoms with E-state index in [0.717, 1.165) is 46.2 Å². The van der Waals surface area contributed by atoms with Crippen LogP contribution in [0.5, 0.6) is 6.01 Å². The van der Waals surface area contributed by atoms with Gasteiger partial charge in [-0.1, -0.05) is 24.3 Å². The lowest BCUT2D eigenvalue weighted by molar-refractivity contribution is 0.295. The number of benzene rings is 1. The van der Waals surface area contributed by atoms with Gasteiger partial charge in [0, 0.05) is 59.3 Å². The topological polar surface area (TPSA) is 91.3 Å². The highest BCUT2D eigenvalue weighted by Crippen LogP contribution is 2.25. The van der Waals surface area contributed by atoms with E-state index in [2.05, 4.69) is 41.4 Å². The van der Waals surface area contributed by atoms with Crippen LogP contribution in [0.25, 0.3) is 10.9 Å². The van der Waals surface area contributed by atoms with Gasteiger partial charge in [-0.3, -0.25) is 10.4 Å². The summed E-state index contributed by atoms with van der Waals surface area (Å²) < 4.78 is 5.87. The Bertz CT molecular complexity index is 1210. The van der Waals surface area contributed by atoms with Crippen molar-refractivity contribution in [3.8, 4) is 6.01 Å². The van der Waals surface area contributed by atoms with Crippen molar-refractivity contribution in [2.45, 2.75) is 6.42 Å². The number of hydrogen-bond donors (Lipinski definition) is 2. The summed E-state index contributed by atoms with van der Waals surface area (Å²) in [6.45, 7) is 1.40. The third-order valence-electron chi connectivity index (χ3n) is 5.09. The van der Waals surface area contributed by atoms with Crippen molar-refractivity contribution in [2.75, 3.05) is 35.1 Å². The van der Waals surface area contributed by atoms with Crippen molar-refractivity contribution < 1.29 is 4.74 Å². The molecule has 0 aliphatic carbocycles. The van der Waals surface area contributed by atoms with Crippen LogP contribution in [0.15, 0.2) is 66.0 Å². The predicted octanol–water partition coefficient (Wildman–Crippen LogP) is 3.93. The van der Waals surface area contributed by atoms with E-state index in [9.17, 15) is 0 Å². The molecule has 0 saturated carbocycles. The number of anilines is 2. The van der Waals surface area contributed by atoms with Crippen molar-refractivity contribution in [1.29, 1.82) is 0 Å². The average Bonchev–Trinajstić information content (AvgIpc) is 3.51. The highest BCUT2D eigenvalue weighted by molar-refractivity contribution is 7.99. The molecule has 2 N–H and O–H groups in total. The van der Waals surface area contributed by atoms with Crippen molar-refractivity contribution in [3.63, 3.8) is 0 Å². The summed E-state index contributed by atoms with van der Waals surface area (Å²) in [7, 11) is 0. The molecule has 0 radical (unpaired) electrons. The second-order valence-corrected chi connectivity index (χ2v) is 8.35. The van der Waals surface area contributed by atoms with Crippen molar-refractivity contribution in [2.24, 2.45) is 5.10 Å². The molecule has 1 fully saturated rings. The first-order valence-electron chi connectivity index (χ1n) is 10.4. The van der Waals surface area contributed by atoms with Gasteiger partial charge < -0.3 is 14.6 Å². The SMILES string of the molecule is C(=N\Nc1cc(N2CCSC2)nc(OCCc2ccccn2)n1)/c1c[nH]c2ccccc12. The maximum Gasteiger partial charge on any atom is 0.320 e. The number of rotatable bonds is 8. The Balaban J connectivity index is 1.31. The number of para-hydroxylation sites is 1. The zero-order valence-corrected chi connectivity index (χ0v) is 18.3. The largest absolute Gasteiger partial charge is 0.463 e. The zero-order chi connectivity index (χ0) is 21.6. The molecule has 1 aliphatic heterocycles. The minimum absolute atomic E-state index is 0.333. The predicted molar refractivity (Wildman–Crippen MR) is 130 cm³/mol. The number of hydrazone groups is 1. The molecular formula is C23H23N7OS. The van der Waals surface area contributed by atoms with E-state index in [1.807, 2.05) is 60.4 Å². The van der Waals surface area contributed by atoms with Gasteiger partial charge in [0.25, 0.3) is 0 Å². The second-order valence-electron chi connectivity index (χ2n) is 7.27. The molecule has 0 atom stereocenters. The molecule has 9 heteroatoms.